The largest absolute Gasteiger partial charge is 0.495 e. The summed E-state index contributed by atoms with van der Waals surface area (Å²) < 4.78 is 11.2. The lowest BCUT2D eigenvalue weighted by atomic mass is 10.1. The molecule has 0 radical (unpaired) electrons. The van der Waals surface area contributed by atoms with Crippen LogP contribution in [0.25, 0.3) is 0 Å². The van der Waals surface area contributed by atoms with Crippen LogP contribution in [0.4, 0.5) is 5.69 Å². The third-order valence-electron chi connectivity index (χ3n) is 4.17. The van der Waals surface area contributed by atoms with Crippen LogP contribution >= 0.6 is 35.6 Å². The van der Waals surface area contributed by atoms with E-state index in [1.165, 1.54) is 5.56 Å². The molecule has 1 saturated heterocycles. The van der Waals surface area contributed by atoms with Gasteiger partial charge in [0, 0.05) is 5.69 Å². The van der Waals surface area contributed by atoms with Crippen molar-refractivity contribution in [2.75, 3.05) is 19.0 Å². The normalized spacial score (nSPS) is 19.7. The molecule has 5 nitrogen and oxygen atoms in total. The van der Waals surface area contributed by atoms with Crippen LogP contribution in [0, 0.1) is 0 Å². The van der Waals surface area contributed by atoms with Gasteiger partial charge in [0.2, 0.25) is 0 Å². The minimum Gasteiger partial charge on any atom is -0.495 e. The van der Waals surface area contributed by atoms with E-state index in [9.17, 15) is 0 Å². The zero-order valence-electron chi connectivity index (χ0n) is 14.5. The van der Waals surface area contributed by atoms with Crippen LogP contribution in [0.15, 0.2) is 53.5 Å². The van der Waals surface area contributed by atoms with Crippen molar-refractivity contribution in [3.05, 3.63) is 59.1 Å². The Balaban J connectivity index is 0.00000243. The van der Waals surface area contributed by atoms with E-state index >= 15 is 0 Å². The molecular formula is C19H23ClIN3O2. The predicted molar refractivity (Wildman–Crippen MR) is 117 cm³/mol. The molecule has 0 amide bonds. The van der Waals surface area contributed by atoms with E-state index in [0.717, 1.165) is 18.5 Å². The van der Waals surface area contributed by atoms with Crippen molar-refractivity contribution in [3.63, 3.8) is 0 Å². The van der Waals surface area contributed by atoms with Gasteiger partial charge in [-0.3, -0.25) is 4.99 Å². The Morgan fingerprint density at radius 2 is 2.04 bits per heavy atom. The second-order valence-electron chi connectivity index (χ2n) is 5.94. The molecule has 0 aromatic heterocycles. The Hall–Kier alpha value is -1.51. The SMILES string of the molecule is COc1ccc(NC(N)=NC[C@H]2CC[C@H](c3ccccc3)O2)cc1Cl.I. The number of nitrogens with zero attached hydrogens (tertiary/aromatic N) is 1. The summed E-state index contributed by atoms with van der Waals surface area (Å²) in [5, 5.41) is 3.55. The Labute approximate surface area is 175 Å². The number of halogens is 2. The Bertz CT molecular complexity index is 743. The minimum atomic E-state index is 0. The summed E-state index contributed by atoms with van der Waals surface area (Å²) in [4.78, 5) is 4.39. The van der Waals surface area contributed by atoms with Gasteiger partial charge in [-0.1, -0.05) is 41.9 Å². The van der Waals surface area contributed by atoms with E-state index in [1.807, 2.05) is 24.3 Å². The zero-order valence-corrected chi connectivity index (χ0v) is 17.6. The second-order valence-corrected chi connectivity index (χ2v) is 6.34. The fraction of sp³-hybridized carbons (Fsp3) is 0.316. The lowest BCUT2D eigenvalue weighted by Gasteiger charge is -2.13. The van der Waals surface area contributed by atoms with E-state index in [-0.39, 0.29) is 36.2 Å². The molecule has 3 N–H and O–H groups in total. The lowest BCUT2D eigenvalue weighted by Crippen LogP contribution is -2.24. The molecule has 0 aliphatic carbocycles. The standard InChI is InChI=1S/C19H22ClN3O2.HI/c1-24-18-9-7-14(11-16(18)20)23-19(21)22-12-15-8-10-17(25-15)13-5-3-2-4-6-13;/h2-7,9,11,15,17H,8,10,12H2,1H3,(H3,21,22,23);1H/t15-,17-;/m1./s1. The molecule has 1 fully saturated rings. The number of rotatable bonds is 5. The maximum Gasteiger partial charge on any atom is 0.193 e. The summed E-state index contributed by atoms with van der Waals surface area (Å²) in [5.41, 5.74) is 7.94. The maximum atomic E-state index is 6.10. The molecule has 0 bridgehead atoms. The molecule has 2 atom stereocenters. The van der Waals surface area contributed by atoms with Gasteiger partial charge in [0.05, 0.1) is 30.9 Å². The molecule has 2 aromatic rings. The van der Waals surface area contributed by atoms with Gasteiger partial charge >= 0.3 is 0 Å². The Morgan fingerprint density at radius 1 is 1.27 bits per heavy atom. The molecular weight excluding hydrogens is 465 g/mol. The fourth-order valence-electron chi connectivity index (χ4n) is 2.88. The molecule has 1 aliphatic heterocycles. The van der Waals surface area contributed by atoms with Crippen LogP contribution in [0.1, 0.15) is 24.5 Å². The van der Waals surface area contributed by atoms with Gasteiger partial charge in [0.25, 0.3) is 0 Å². The van der Waals surface area contributed by atoms with Gasteiger partial charge in [-0.15, -0.1) is 24.0 Å². The monoisotopic (exact) mass is 487 g/mol. The van der Waals surface area contributed by atoms with Gasteiger partial charge in [-0.2, -0.15) is 0 Å². The van der Waals surface area contributed by atoms with E-state index in [4.69, 9.17) is 26.8 Å². The van der Waals surface area contributed by atoms with Gasteiger partial charge in [-0.05, 0) is 36.6 Å². The molecule has 1 aliphatic rings. The first-order chi connectivity index (χ1) is 12.2. The first-order valence-electron chi connectivity index (χ1n) is 8.26. The molecule has 0 saturated carbocycles. The van der Waals surface area contributed by atoms with E-state index < -0.39 is 0 Å². The van der Waals surface area contributed by atoms with Crippen molar-refractivity contribution < 1.29 is 9.47 Å². The number of methoxy groups -OCH3 is 1. The molecule has 3 rings (SSSR count). The van der Waals surface area contributed by atoms with Crippen LogP contribution in [0.3, 0.4) is 0 Å². The van der Waals surface area contributed by atoms with Gasteiger partial charge < -0.3 is 20.5 Å². The molecule has 140 valence electrons. The molecule has 7 heteroatoms. The summed E-state index contributed by atoms with van der Waals surface area (Å²) in [6, 6.07) is 15.6. The predicted octanol–water partition coefficient (Wildman–Crippen LogP) is 4.61. The second kappa shape index (κ2) is 9.99. The maximum absolute atomic E-state index is 6.10. The molecule has 0 unspecified atom stereocenters. The highest BCUT2D eigenvalue weighted by Crippen LogP contribution is 2.32. The van der Waals surface area contributed by atoms with Gasteiger partial charge in [-0.25, -0.2) is 0 Å². The Morgan fingerprint density at radius 3 is 2.73 bits per heavy atom. The van der Waals surface area contributed by atoms with Crippen molar-refractivity contribution in [3.8, 4) is 5.75 Å². The number of hydrogen-bond acceptors (Lipinski definition) is 3. The highest BCUT2D eigenvalue weighted by Gasteiger charge is 2.26. The van der Waals surface area contributed by atoms with Gasteiger partial charge in [0.15, 0.2) is 5.96 Å². The van der Waals surface area contributed by atoms with Crippen molar-refractivity contribution in [2.24, 2.45) is 10.7 Å². The Kier molecular flexibility index (Phi) is 7.99. The molecule has 1 heterocycles. The van der Waals surface area contributed by atoms with Crippen molar-refractivity contribution in [2.45, 2.75) is 25.0 Å². The molecule has 0 spiro atoms. The van der Waals surface area contributed by atoms with Crippen molar-refractivity contribution >= 4 is 47.2 Å². The number of anilines is 1. The number of nitrogens with one attached hydrogen (secondary N) is 1. The number of benzene rings is 2. The fourth-order valence-corrected chi connectivity index (χ4v) is 3.14. The summed E-state index contributed by atoms with van der Waals surface area (Å²) in [6.07, 6.45) is 2.22. The topological polar surface area (TPSA) is 68.9 Å². The van der Waals surface area contributed by atoms with Crippen LogP contribution in [0.2, 0.25) is 5.02 Å². The van der Waals surface area contributed by atoms with Crippen LogP contribution in [-0.2, 0) is 4.74 Å². The summed E-state index contributed by atoms with van der Waals surface area (Å²) in [5.74, 6) is 0.960. The summed E-state index contributed by atoms with van der Waals surface area (Å²) in [7, 11) is 1.58. The summed E-state index contributed by atoms with van der Waals surface area (Å²) in [6.45, 7) is 0.534. The molecule has 2 aromatic carbocycles. The number of ether oxygens (including phenoxy) is 2. The smallest absolute Gasteiger partial charge is 0.193 e. The molecule has 26 heavy (non-hydrogen) atoms. The van der Waals surface area contributed by atoms with Crippen LogP contribution < -0.4 is 15.8 Å². The van der Waals surface area contributed by atoms with Crippen molar-refractivity contribution in [1.29, 1.82) is 0 Å². The van der Waals surface area contributed by atoms with Gasteiger partial charge in [0.1, 0.15) is 5.75 Å². The average Bonchev–Trinajstić information content (AvgIpc) is 3.10. The number of guanidine groups is 1. The number of aliphatic imine (C=N–C) groups is 1. The number of hydrogen-bond donors (Lipinski definition) is 2. The minimum absolute atomic E-state index is 0. The zero-order chi connectivity index (χ0) is 17.6. The highest BCUT2D eigenvalue weighted by atomic mass is 127. The van der Waals surface area contributed by atoms with E-state index in [2.05, 4.69) is 22.4 Å². The third kappa shape index (κ3) is 5.49. The summed E-state index contributed by atoms with van der Waals surface area (Å²) >= 11 is 6.10. The van der Waals surface area contributed by atoms with Crippen LogP contribution in [0.5, 0.6) is 5.75 Å². The first-order valence-corrected chi connectivity index (χ1v) is 8.64. The van der Waals surface area contributed by atoms with Crippen molar-refractivity contribution in [1.82, 2.24) is 0 Å². The highest BCUT2D eigenvalue weighted by molar-refractivity contribution is 14.0. The van der Waals surface area contributed by atoms with Crippen LogP contribution in [-0.4, -0.2) is 25.7 Å². The quantitative estimate of drug-likeness (QED) is 0.367. The first kappa shape index (κ1) is 20.8. The van der Waals surface area contributed by atoms with E-state index in [1.54, 1.807) is 19.2 Å². The lowest BCUT2D eigenvalue weighted by molar-refractivity contribution is 0.0501. The number of nitrogens with two attached hydrogens (primary N) is 1. The third-order valence-corrected chi connectivity index (χ3v) is 4.46. The van der Waals surface area contributed by atoms with E-state index in [0.29, 0.717) is 23.3 Å². The average molecular weight is 488 g/mol.